The van der Waals surface area contributed by atoms with Gasteiger partial charge in [-0.05, 0) is 24.1 Å². The number of amides is 1. The second-order valence-corrected chi connectivity index (χ2v) is 12.4. The molecule has 0 fully saturated rings. The van der Waals surface area contributed by atoms with Crippen molar-refractivity contribution in [2.75, 3.05) is 32.6 Å². The first-order valence-electron chi connectivity index (χ1n) is 12.7. The monoisotopic (exact) mass is 599 g/mol. The van der Waals surface area contributed by atoms with Gasteiger partial charge in [-0.25, -0.2) is 4.39 Å². The number of aryl methyl sites for hydroxylation is 1. The predicted molar refractivity (Wildman–Crippen MR) is 159 cm³/mol. The summed E-state index contributed by atoms with van der Waals surface area (Å²) in [5.41, 5.74) is 3.91. The van der Waals surface area contributed by atoms with E-state index >= 15 is 0 Å². The number of rotatable bonds is 10. The number of nitrogens with two attached hydrogens (primary N) is 1. The summed E-state index contributed by atoms with van der Waals surface area (Å²) in [7, 11) is 5.27. The summed E-state index contributed by atoms with van der Waals surface area (Å²) in [6.45, 7) is 5.50. The lowest BCUT2D eigenvalue weighted by Gasteiger charge is -2.14. The maximum atomic E-state index is 12.5. The normalized spacial score (nSPS) is 13.2. The third-order valence-electron chi connectivity index (χ3n) is 5.79. The Bertz CT molecular complexity index is 1080. The standard InChI is InChI=1S/C15H21N3O3S.C8H8O.C4H9FOP2/c19-13(16-8-5-14(20)21)6-9-22-10-12-4-3-11-2-1-7-17-15(11)18-12;1-2-4-8-7(3-1)5-6-9-8;1-3(6-2)4(5,7)8/h3-4H,1-2,5-10H2,(H,16,19)(H,17,18)(H,20,21);1-4H,5-6H2;1,7-8H2,2H3/p+2. The Balaban J connectivity index is 0.000000255. The first-order chi connectivity index (χ1) is 18.6. The average Bonchev–Trinajstić information content (AvgIpc) is 3.40. The number of hydrogen-bond donors (Lipinski definition) is 3. The third kappa shape index (κ3) is 13.1. The van der Waals surface area contributed by atoms with E-state index in [1.807, 2.05) is 36.7 Å². The van der Waals surface area contributed by atoms with E-state index in [4.69, 9.17) is 9.84 Å². The van der Waals surface area contributed by atoms with Crippen LogP contribution in [0.15, 0.2) is 48.7 Å². The van der Waals surface area contributed by atoms with Gasteiger partial charge in [0.2, 0.25) is 5.91 Å². The van der Waals surface area contributed by atoms with E-state index in [9.17, 15) is 14.0 Å². The van der Waals surface area contributed by atoms with Gasteiger partial charge >= 0.3 is 11.8 Å². The van der Waals surface area contributed by atoms with Crippen molar-refractivity contribution in [2.24, 2.45) is 0 Å². The Morgan fingerprint density at radius 3 is 2.67 bits per heavy atom. The lowest BCUT2D eigenvalue weighted by atomic mass is 10.1. The lowest BCUT2D eigenvalue weighted by molar-refractivity contribution is -0.653. The van der Waals surface area contributed by atoms with Crippen LogP contribution in [-0.2, 0) is 32.9 Å². The van der Waals surface area contributed by atoms with E-state index < -0.39 is 11.1 Å². The van der Waals surface area contributed by atoms with Gasteiger partial charge < -0.3 is 19.9 Å². The number of benzene rings is 1. The minimum atomic E-state index is -1.57. The molecule has 1 amide bonds. The molecule has 1 aromatic carbocycles. The minimum Gasteiger partial charge on any atom is -0.498 e. The van der Waals surface area contributed by atoms with Gasteiger partial charge in [-0.1, -0.05) is 43.3 Å². The molecule has 3 heterocycles. The number of para-hydroxylation sites is 1. The van der Waals surface area contributed by atoms with Crippen LogP contribution in [0.2, 0.25) is 0 Å². The van der Waals surface area contributed by atoms with E-state index in [1.165, 1.54) is 36.2 Å². The number of methoxy groups -OCH3 is 1. The maximum absolute atomic E-state index is 12.5. The molecule has 0 aliphatic carbocycles. The number of H-pyrrole nitrogens is 1. The molecule has 5 N–H and O–H groups in total. The van der Waals surface area contributed by atoms with Gasteiger partial charge in [0.05, 0.1) is 38.0 Å². The van der Waals surface area contributed by atoms with Crippen LogP contribution in [0.3, 0.4) is 0 Å². The number of alkyl halides is 1. The molecular weight excluding hydrogens is 559 g/mol. The largest absolute Gasteiger partial charge is 0.498 e. The number of aromatic nitrogens is 1. The van der Waals surface area contributed by atoms with Crippen LogP contribution in [0.1, 0.15) is 36.1 Å². The van der Waals surface area contributed by atoms with Crippen LogP contribution >= 0.6 is 30.2 Å². The number of pyridine rings is 1. The SMILES string of the molecule is C=C(OC)C(F)(P)P.O=C(O)CCNC(=O)CCSCc1ccc2c([nH+]1)[NH2+]CCC2.c1ccc2c(c1)CCO2. The smallest absolute Gasteiger partial charge is 0.367 e. The summed E-state index contributed by atoms with van der Waals surface area (Å²) >= 11 is 1.70. The van der Waals surface area contributed by atoms with E-state index in [1.54, 1.807) is 11.8 Å². The molecule has 0 saturated carbocycles. The van der Waals surface area contributed by atoms with E-state index in [0.717, 1.165) is 43.2 Å². The Morgan fingerprint density at radius 1 is 1.23 bits per heavy atom. The van der Waals surface area contributed by atoms with Crippen LogP contribution in [-0.4, -0.2) is 54.7 Å². The summed E-state index contributed by atoms with van der Waals surface area (Å²) in [4.78, 5) is 25.3. The van der Waals surface area contributed by atoms with Gasteiger partial charge in [0.1, 0.15) is 11.5 Å². The number of aliphatic carboxylic acids is 1. The summed E-state index contributed by atoms with van der Waals surface area (Å²) in [5, 5.41) is 11.8. The Morgan fingerprint density at radius 2 is 2.00 bits per heavy atom. The molecule has 2 aliphatic heterocycles. The maximum Gasteiger partial charge on any atom is 0.367 e. The van der Waals surface area contributed by atoms with Crippen molar-refractivity contribution in [3.8, 4) is 5.75 Å². The van der Waals surface area contributed by atoms with E-state index in [0.29, 0.717) is 6.42 Å². The van der Waals surface area contributed by atoms with E-state index in [-0.39, 0.29) is 24.6 Å². The van der Waals surface area contributed by atoms with Crippen molar-refractivity contribution in [2.45, 2.75) is 43.0 Å². The third-order valence-corrected chi connectivity index (χ3v) is 7.44. The number of fused-ring (bicyclic) bond motifs is 2. The van der Waals surface area contributed by atoms with Crippen molar-refractivity contribution < 1.29 is 38.9 Å². The molecule has 12 heteroatoms. The second-order valence-electron chi connectivity index (χ2n) is 8.92. The second kappa shape index (κ2) is 17.4. The minimum absolute atomic E-state index is 0.0283. The summed E-state index contributed by atoms with van der Waals surface area (Å²) in [6, 6.07) is 12.5. The highest BCUT2D eigenvalue weighted by molar-refractivity contribution is 7.98. The highest BCUT2D eigenvalue weighted by atomic mass is 32.2. The van der Waals surface area contributed by atoms with Gasteiger partial charge in [0, 0.05) is 37.6 Å². The van der Waals surface area contributed by atoms with Crippen molar-refractivity contribution >= 4 is 47.9 Å². The van der Waals surface area contributed by atoms with Crippen LogP contribution in [0, 0.1) is 0 Å². The number of carbonyl (C=O) groups is 2. The molecule has 1 aromatic heterocycles. The van der Waals surface area contributed by atoms with E-state index in [2.05, 4.69) is 45.1 Å². The Hall–Kier alpha value is -2.25. The number of aromatic amines is 1. The van der Waals surface area contributed by atoms with Crippen LogP contribution in [0.25, 0.3) is 0 Å². The number of carboxylic acids is 1. The number of nitrogens with one attached hydrogen (secondary N) is 2. The topological polar surface area (TPSA) is 116 Å². The summed E-state index contributed by atoms with van der Waals surface area (Å²) < 4.78 is 22.3. The molecule has 0 spiro atoms. The molecule has 2 aliphatic rings. The molecular formula is C27H40FN3O5P2S+2. The zero-order valence-electron chi connectivity index (χ0n) is 22.3. The van der Waals surface area contributed by atoms with Crippen molar-refractivity contribution in [1.29, 1.82) is 0 Å². The van der Waals surface area contributed by atoms with Crippen LogP contribution in [0.5, 0.6) is 5.75 Å². The Kier molecular flexibility index (Phi) is 14.7. The molecule has 39 heavy (non-hydrogen) atoms. The summed E-state index contributed by atoms with van der Waals surface area (Å²) in [5.74, 6) is 3.00. The van der Waals surface area contributed by atoms with Crippen molar-refractivity contribution in [1.82, 2.24) is 5.32 Å². The quantitative estimate of drug-likeness (QED) is 0.220. The molecule has 214 valence electrons. The number of allylic oxidation sites excluding steroid dienone is 1. The number of hydrogen-bond acceptors (Lipinski definition) is 5. The molecule has 0 bridgehead atoms. The van der Waals surface area contributed by atoms with Gasteiger partial charge in [-0.2, -0.15) is 16.7 Å². The van der Waals surface area contributed by atoms with Gasteiger partial charge in [-0.3, -0.25) is 14.9 Å². The molecule has 4 rings (SSSR count). The zero-order valence-corrected chi connectivity index (χ0v) is 25.5. The highest BCUT2D eigenvalue weighted by Gasteiger charge is 2.21. The molecule has 0 saturated heterocycles. The first kappa shape index (κ1) is 33.0. The van der Waals surface area contributed by atoms with Gasteiger partial charge in [0.25, 0.3) is 0 Å². The fourth-order valence-corrected chi connectivity index (χ4v) is 4.73. The number of quaternary nitrogens is 1. The number of ether oxygens (including phenoxy) is 2. The van der Waals surface area contributed by atoms with Gasteiger partial charge in [-0.15, -0.1) is 0 Å². The van der Waals surface area contributed by atoms with Crippen LogP contribution < -0.4 is 20.4 Å². The predicted octanol–water partition coefficient (Wildman–Crippen LogP) is 3.00. The Labute approximate surface area is 238 Å². The molecule has 2 aromatic rings. The zero-order chi connectivity index (χ0) is 28.7. The fourth-order valence-electron chi connectivity index (χ4n) is 3.63. The fraction of sp³-hybridized carbons (Fsp3) is 0.444. The van der Waals surface area contributed by atoms with Gasteiger partial charge in [0.15, 0.2) is 10.8 Å². The lowest BCUT2D eigenvalue weighted by Crippen LogP contribution is -2.82. The first-order valence-corrected chi connectivity index (χ1v) is 15.0. The van der Waals surface area contributed by atoms with Crippen molar-refractivity contribution in [3.63, 3.8) is 0 Å². The molecule has 2 unspecified atom stereocenters. The summed E-state index contributed by atoms with van der Waals surface area (Å²) in [6.07, 6.45) is 3.84. The molecule has 2 atom stereocenters. The number of thioether (sulfide) groups is 1. The number of carboxylic acid groups (broad SMARTS) is 1. The number of carbonyl (C=O) groups excluding carboxylic acids is 1. The van der Waals surface area contributed by atoms with Crippen LogP contribution in [0.4, 0.5) is 10.2 Å². The molecule has 0 radical (unpaired) electrons. The highest BCUT2D eigenvalue weighted by Crippen LogP contribution is 2.35. The average molecular weight is 600 g/mol. The number of halogens is 1. The van der Waals surface area contributed by atoms with Crippen molar-refractivity contribution in [3.05, 3.63) is 65.6 Å². The molecule has 8 nitrogen and oxygen atoms in total.